The molecule has 3 rings (SSSR count). The SMILES string of the molecule is CC(C)(C)OC(=O)N1CCCC(O)(c2c[nH]c3ncccc23)C1. The Balaban J connectivity index is 1.86. The van der Waals surface area contributed by atoms with Gasteiger partial charge in [-0.15, -0.1) is 0 Å². The van der Waals surface area contributed by atoms with Gasteiger partial charge in [-0.05, 0) is 45.7 Å². The molecule has 3 heterocycles. The van der Waals surface area contributed by atoms with Gasteiger partial charge < -0.3 is 19.7 Å². The largest absolute Gasteiger partial charge is 0.444 e. The molecule has 2 aromatic rings. The summed E-state index contributed by atoms with van der Waals surface area (Å²) in [6.45, 7) is 6.34. The third-order valence-electron chi connectivity index (χ3n) is 4.07. The van der Waals surface area contributed by atoms with Gasteiger partial charge >= 0.3 is 6.09 Å². The number of likely N-dealkylation sites (tertiary alicyclic amines) is 1. The van der Waals surface area contributed by atoms with Crippen LogP contribution in [-0.2, 0) is 10.3 Å². The molecule has 124 valence electrons. The molecule has 1 aliphatic rings. The van der Waals surface area contributed by atoms with Crippen LogP contribution in [-0.4, -0.2) is 44.8 Å². The molecule has 0 spiro atoms. The lowest BCUT2D eigenvalue weighted by Gasteiger charge is -2.39. The highest BCUT2D eigenvalue weighted by Gasteiger charge is 2.39. The maximum Gasteiger partial charge on any atom is 0.410 e. The van der Waals surface area contributed by atoms with Crippen LogP contribution in [0.2, 0.25) is 0 Å². The number of ether oxygens (including phenoxy) is 1. The van der Waals surface area contributed by atoms with Crippen LogP contribution in [0.4, 0.5) is 4.79 Å². The highest BCUT2D eigenvalue weighted by atomic mass is 16.6. The minimum Gasteiger partial charge on any atom is -0.444 e. The van der Waals surface area contributed by atoms with Crippen molar-refractivity contribution in [2.24, 2.45) is 0 Å². The number of amides is 1. The van der Waals surface area contributed by atoms with E-state index in [-0.39, 0.29) is 12.6 Å². The first-order valence-corrected chi connectivity index (χ1v) is 7.91. The summed E-state index contributed by atoms with van der Waals surface area (Å²) in [5.74, 6) is 0. The zero-order chi connectivity index (χ0) is 16.7. The van der Waals surface area contributed by atoms with Crippen molar-refractivity contribution in [2.75, 3.05) is 13.1 Å². The number of aromatic amines is 1. The van der Waals surface area contributed by atoms with Crippen LogP contribution in [0.15, 0.2) is 24.5 Å². The number of carbonyl (C=O) groups is 1. The molecule has 0 aromatic carbocycles. The highest BCUT2D eigenvalue weighted by molar-refractivity contribution is 5.80. The summed E-state index contributed by atoms with van der Waals surface area (Å²) in [6.07, 6.45) is 4.45. The molecule has 0 saturated carbocycles. The summed E-state index contributed by atoms with van der Waals surface area (Å²) in [5.41, 5.74) is -0.104. The maximum absolute atomic E-state index is 12.3. The van der Waals surface area contributed by atoms with Crippen LogP contribution in [0.3, 0.4) is 0 Å². The monoisotopic (exact) mass is 317 g/mol. The van der Waals surface area contributed by atoms with E-state index >= 15 is 0 Å². The second kappa shape index (κ2) is 5.53. The summed E-state index contributed by atoms with van der Waals surface area (Å²) in [4.78, 5) is 21.2. The van der Waals surface area contributed by atoms with E-state index in [1.165, 1.54) is 0 Å². The number of piperidine rings is 1. The predicted octanol–water partition coefficient (Wildman–Crippen LogP) is 2.78. The summed E-state index contributed by atoms with van der Waals surface area (Å²) in [7, 11) is 0. The zero-order valence-electron chi connectivity index (χ0n) is 13.8. The number of carbonyl (C=O) groups excluding carboxylic acids is 1. The molecule has 0 bridgehead atoms. The van der Waals surface area contributed by atoms with Crippen LogP contribution in [0, 0.1) is 0 Å². The van der Waals surface area contributed by atoms with Gasteiger partial charge in [0.05, 0.1) is 6.54 Å². The Labute approximate surface area is 135 Å². The molecular weight excluding hydrogens is 294 g/mol. The van der Waals surface area contributed by atoms with E-state index in [9.17, 15) is 9.90 Å². The first-order valence-electron chi connectivity index (χ1n) is 7.91. The van der Waals surface area contributed by atoms with E-state index in [0.717, 1.165) is 23.0 Å². The maximum atomic E-state index is 12.3. The second-order valence-electron chi connectivity index (χ2n) is 7.14. The lowest BCUT2D eigenvalue weighted by molar-refractivity contribution is -0.0457. The van der Waals surface area contributed by atoms with Gasteiger partial charge in [0.25, 0.3) is 0 Å². The number of rotatable bonds is 1. The Morgan fingerprint density at radius 3 is 3.00 bits per heavy atom. The fourth-order valence-electron chi connectivity index (χ4n) is 3.08. The molecule has 2 N–H and O–H groups in total. The van der Waals surface area contributed by atoms with Crippen molar-refractivity contribution in [2.45, 2.75) is 44.8 Å². The smallest absolute Gasteiger partial charge is 0.410 e. The van der Waals surface area contributed by atoms with Crippen molar-refractivity contribution < 1.29 is 14.6 Å². The minimum absolute atomic E-state index is 0.226. The van der Waals surface area contributed by atoms with Crippen LogP contribution in [0.5, 0.6) is 0 Å². The van der Waals surface area contributed by atoms with Crippen molar-refractivity contribution in [3.05, 3.63) is 30.1 Å². The van der Waals surface area contributed by atoms with Gasteiger partial charge in [-0.1, -0.05) is 0 Å². The molecule has 2 aromatic heterocycles. The first-order chi connectivity index (χ1) is 10.8. The molecular formula is C17H23N3O3. The number of β-amino-alcohol motifs (C(OH)–C–C–N with tert-alkyl or cyclic N) is 1. The van der Waals surface area contributed by atoms with Gasteiger partial charge in [-0.25, -0.2) is 9.78 Å². The molecule has 6 nitrogen and oxygen atoms in total. The summed E-state index contributed by atoms with van der Waals surface area (Å²) < 4.78 is 5.43. The standard InChI is InChI=1S/C17H23N3O3/c1-16(2,3)23-15(21)20-9-5-7-17(22,11-20)13-10-19-14-12(13)6-4-8-18-14/h4,6,8,10,22H,5,7,9,11H2,1-3H3,(H,18,19). The molecule has 1 unspecified atom stereocenters. The Morgan fingerprint density at radius 2 is 2.26 bits per heavy atom. The van der Waals surface area contributed by atoms with Crippen molar-refractivity contribution in [1.82, 2.24) is 14.9 Å². The van der Waals surface area contributed by atoms with Crippen LogP contribution in [0.25, 0.3) is 11.0 Å². The summed E-state index contributed by atoms with van der Waals surface area (Å²) in [5, 5.41) is 12.0. The van der Waals surface area contributed by atoms with E-state index in [1.54, 1.807) is 17.3 Å². The molecule has 0 aliphatic carbocycles. The third kappa shape index (κ3) is 3.17. The number of aromatic nitrogens is 2. The molecule has 1 saturated heterocycles. The van der Waals surface area contributed by atoms with E-state index < -0.39 is 11.2 Å². The van der Waals surface area contributed by atoms with Gasteiger partial charge in [0.1, 0.15) is 16.8 Å². The zero-order valence-corrected chi connectivity index (χ0v) is 13.8. The van der Waals surface area contributed by atoms with Crippen molar-refractivity contribution in [1.29, 1.82) is 0 Å². The Kier molecular flexibility index (Phi) is 3.80. The fourth-order valence-corrected chi connectivity index (χ4v) is 3.08. The third-order valence-corrected chi connectivity index (χ3v) is 4.07. The fraction of sp³-hybridized carbons (Fsp3) is 0.529. The number of H-pyrrole nitrogens is 1. The van der Waals surface area contributed by atoms with E-state index in [0.29, 0.717) is 13.0 Å². The lowest BCUT2D eigenvalue weighted by atomic mass is 9.86. The van der Waals surface area contributed by atoms with E-state index in [1.807, 2.05) is 32.9 Å². The number of pyridine rings is 1. The molecule has 1 aliphatic heterocycles. The number of hydrogen-bond acceptors (Lipinski definition) is 4. The van der Waals surface area contributed by atoms with Crippen molar-refractivity contribution >= 4 is 17.1 Å². The molecule has 6 heteroatoms. The Hall–Kier alpha value is -2.08. The topological polar surface area (TPSA) is 78.5 Å². The van der Waals surface area contributed by atoms with Crippen molar-refractivity contribution in [3.8, 4) is 0 Å². The Bertz CT molecular complexity index is 719. The van der Waals surface area contributed by atoms with Crippen LogP contribution >= 0.6 is 0 Å². The average molecular weight is 317 g/mol. The quantitative estimate of drug-likeness (QED) is 0.848. The molecule has 1 atom stereocenters. The predicted molar refractivity (Wildman–Crippen MR) is 87.0 cm³/mol. The Morgan fingerprint density at radius 1 is 1.48 bits per heavy atom. The minimum atomic E-state index is -1.09. The molecule has 1 amide bonds. The lowest BCUT2D eigenvalue weighted by Crippen LogP contribution is -2.49. The number of fused-ring (bicyclic) bond motifs is 1. The van der Waals surface area contributed by atoms with Gasteiger partial charge in [0.15, 0.2) is 0 Å². The molecule has 1 fully saturated rings. The van der Waals surface area contributed by atoms with Crippen molar-refractivity contribution in [3.63, 3.8) is 0 Å². The summed E-state index contributed by atoms with van der Waals surface area (Å²) >= 11 is 0. The summed E-state index contributed by atoms with van der Waals surface area (Å²) in [6, 6.07) is 3.77. The molecule has 0 radical (unpaired) electrons. The second-order valence-corrected chi connectivity index (χ2v) is 7.14. The highest BCUT2D eigenvalue weighted by Crippen LogP contribution is 2.35. The number of hydrogen-bond donors (Lipinski definition) is 2. The van der Waals surface area contributed by atoms with Gasteiger partial charge in [-0.2, -0.15) is 0 Å². The first kappa shape index (κ1) is 15.8. The average Bonchev–Trinajstić information content (AvgIpc) is 2.90. The number of nitrogens with zero attached hydrogens (tertiary/aromatic N) is 2. The van der Waals surface area contributed by atoms with Gasteiger partial charge in [0, 0.05) is 29.9 Å². The number of nitrogens with one attached hydrogen (secondary N) is 1. The van der Waals surface area contributed by atoms with Crippen LogP contribution < -0.4 is 0 Å². The van der Waals surface area contributed by atoms with Gasteiger partial charge in [-0.3, -0.25) is 0 Å². The normalized spacial score (nSPS) is 22.3. The van der Waals surface area contributed by atoms with Crippen LogP contribution in [0.1, 0.15) is 39.2 Å². The van der Waals surface area contributed by atoms with E-state index in [4.69, 9.17) is 4.74 Å². The van der Waals surface area contributed by atoms with Gasteiger partial charge in [0.2, 0.25) is 0 Å². The van der Waals surface area contributed by atoms with E-state index in [2.05, 4.69) is 9.97 Å². The molecule has 23 heavy (non-hydrogen) atoms. The number of aliphatic hydroxyl groups is 1.